The van der Waals surface area contributed by atoms with Gasteiger partial charge >= 0.3 is 0 Å². The van der Waals surface area contributed by atoms with Crippen molar-refractivity contribution in [3.63, 3.8) is 0 Å². The third-order valence-corrected chi connectivity index (χ3v) is 4.36. The Bertz CT molecular complexity index is 542. The Kier molecular flexibility index (Phi) is 4.88. The van der Waals surface area contributed by atoms with Gasteiger partial charge in [0.2, 0.25) is 11.8 Å². The van der Waals surface area contributed by atoms with Crippen LogP contribution in [0.3, 0.4) is 0 Å². The second kappa shape index (κ2) is 7.06. The van der Waals surface area contributed by atoms with Crippen LogP contribution >= 0.6 is 0 Å². The molecule has 2 aliphatic rings. The van der Waals surface area contributed by atoms with E-state index < -0.39 is 6.10 Å². The van der Waals surface area contributed by atoms with E-state index >= 15 is 0 Å². The third-order valence-electron chi connectivity index (χ3n) is 4.36. The first-order chi connectivity index (χ1) is 11.1. The number of piperazine rings is 1. The van der Waals surface area contributed by atoms with Gasteiger partial charge in [-0.3, -0.25) is 19.4 Å². The summed E-state index contributed by atoms with van der Waals surface area (Å²) < 4.78 is 0. The number of carbonyl (C=O) groups excluding carboxylic acids is 2. The number of likely N-dealkylation sites (tertiary alicyclic amines) is 1. The summed E-state index contributed by atoms with van der Waals surface area (Å²) in [5, 5.41) is 10.2. The second-order valence-corrected chi connectivity index (χ2v) is 6.03. The van der Waals surface area contributed by atoms with E-state index in [1.54, 1.807) is 6.20 Å². The van der Waals surface area contributed by atoms with Crippen molar-refractivity contribution < 1.29 is 14.7 Å². The number of carbonyl (C=O) groups is 2. The molecule has 1 atom stereocenters. The molecule has 1 aromatic rings. The zero-order valence-electron chi connectivity index (χ0n) is 13.1. The van der Waals surface area contributed by atoms with Crippen LogP contribution in [0.4, 0.5) is 5.82 Å². The number of aromatic nitrogens is 1. The van der Waals surface area contributed by atoms with Crippen LogP contribution in [0, 0.1) is 0 Å². The van der Waals surface area contributed by atoms with E-state index in [9.17, 15) is 14.7 Å². The van der Waals surface area contributed by atoms with Crippen molar-refractivity contribution in [3.05, 3.63) is 24.4 Å². The number of imide groups is 1. The molecule has 7 heteroatoms. The second-order valence-electron chi connectivity index (χ2n) is 6.03. The molecule has 3 rings (SSSR count). The fourth-order valence-electron chi connectivity index (χ4n) is 3.09. The Morgan fingerprint density at radius 1 is 1.04 bits per heavy atom. The van der Waals surface area contributed by atoms with Gasteiger partial charge in [-0.05, 0) is 12.1 Å². The molecule has 2 amide bonds. The number of hydrogen-bond donors (Lipinski definition) is 1. The molecule has 0 spiro atoms. The van der Waals surface area contributed by atoms with Gasteiger partial charge in [0, 0.05) is 51.8 Å². The molecule has 1 aromatic heterocycles. The molecule has 2 aliphatic heterocycles. The number of anilines is 1. The highest BCUT2D eigenvalue weighted by atomic mass is 16.3. The van der Waals surface area contributed by atoms with Crippen LogP contribution in [0.25, 0.3) is 0 Å². The maximum atomic E-state index is 11.6. The molecule has 2 fully saturated rings. The van der Waals surface area contributed by atoms with Gasteiger partial charge in [-0.2, -0.15) is 0 Å². The zero-order valence-corrected chi connectivity index (χ0v) is 13.1. The van der Waals surface area contributed by atoms with Gasteiger partial charge in [0.1, 0.15) is 5.82 Å². The molecule has 1 N–H and O–H groups in total. The zero-order chi connectivity index (χ0) is 16.2. The molecule has 0 bridgehead atoms. The average Bonchev–Trinajstić information content (AvgIpc) is 2.88. The minimum atomic E-state index is -0.692. The highest BCUT2D eigenvalue weighted by Crippen LogP contribution is 2.14. The molecular formula is C16H22N4O3. The lowest BCUT2D eigenvalue weighted by atomic mass is 10.2. The standard InChI is InChI=1S/C16H22N4O3/c21-13(12-20-15(22)4-5-16(20)23)11-18-7-9-19(10-8-18)14-3-1-2-6-17-14/h1-3,6,13,21H,4-5,7-12H2. The highest BCUT2D eigenvalue weighted by molar-refractivity contribution is 6.01. The summed E-state index contributed by atoms with van der Waals surface area (Å²) in [6.45, 7) is 3.95. The fraction of sp³-hybridized carbons (Fsp3) is 0.562. The van der Waals surface area contributed by atoms with Crippen LogP contribution in [0.1, 0.15) is 12.8 Å². The van der Waals surface area contributed by atoms with Crippen LogP contribution in [-0.2, 0) is 9.59 Å². The number of β-amino-alcohol motifs (C(OH)–C–C–N with tert-alkyl or cyclic N) is 1. The molecule has 124 valence electrons. The topological polar surface area (TPSA) is 77.0 Å². The summed E-state index contributed by atoms with van der Waals surface area (Å²) in [5.41, 5.74) is 0. The normalized spacial score (nSPS) is 21.1. The van der Waals surface area contributed by atoms with E-state index in [-0.39, 0.29) is 31.2 Å². The summed E-state index contributed by atoms with van der Waals surface area (Å²) in [6, 6.07) is 5.87. The molecule has 7 nitrogen and oxygen atoms in total. The Balaban J connectivity index is 1.45. The van der Waals surface area contributed by atoms with Gasteiger partial charge in [0.05, 0.1) is 12.6 Å². The van der Waals surface area contributed by atoms with Gasteiger partial charge in [-0.25, -0.2) is 4.98 Å². The predicted octanol–water partition coefficient (Wildman–Crippen LogP) is -0.286. The minimum Gasteiger partial charge on any atom is -0.390 e. The summed E-state index contributed by atoms with van der Waals surface area (Å²) >= 11 is 0. The summed E-state index contributed by atoms with van der Waals surface area (Å²) in [7, 11) is 0. The first-order valence-corrected chi connectivity index (χ1v) is 8.03. The monoisotopic (exact) mass is 318 g/mol. The highest BCUT2D eigenvalue weighted by Gasteiger charge is 2.31. The van der Waals surface area contributed by atoms with E-state index in [4.69, 9.17) is 0 Å². The van der Waals surface area contributed by atoms with E-state index in [2.05, 4.69) is 14.8 Å². The van der Waals surface area contributed by atoms with Crippen LogP contribution in [-0.4, -0.2) is 77.1 Å². The number of nitrogens with zero attached hydrogens (tertiary/aromatic N) is 4. The van der Waals surface area contributed by atoms with Crippen molar-refractivity contribution in [2.45, 2.75) is 18.9 Å². The molecule has 0 aromatic carbocycles. The quantitative estimate of drug-likeness (QED) is 0.752. The largest absolute Gasteiger partial charge is 0.390 e. The van der Waals surface area contributed by atoms with Gasteiger partial charge in [-0.15, -0.1) is 0 Å². The molecule has 3 heterocycles. The first-order valence-electron chi connectivity index (χ1n) is 8.03. The molecule has 2 saturated heterocycles. The molecule has 0 aliphatic carbocycles. The van der Waals surface area contributed by atoms with E-state index in [1.807, 2.05) is 18.2 Å². The molecule has 23 heavy (non-hydrogen) atoms. The molecule has 1 unspecified atom stereocenters. The predicted molar refractivity (Wildman–Crippen MR) is 84.9 cm³/mol. The summed E-state index contributed by atoms with van der Waals surface area (Å²) in [5.74, 6) is 0.629. The van der Waals surface area contributed by atoms with Crippen molar-refractivity contribution in [2.75, 3.05) is 44.2 Å². The van der Waals surface area contributed by atoms with Crippen molar-refractivity contribution in [1.29, 1.82) is 0 Å². The SMILES string of the molecule is O=C1CCC(=O)N1CC(O)CN1CCN(c2ccccn2)CC1. The van der Waals surface area contributed by atoms with Gasteiger partial charge in [0.25, 0.3) is 0 Å². The lowest BCUT2D eigenvalue weighted by Gasteiger charge is -2.36. The lowest BCUT2D eigenvalue weighted by Crippen LogP contribution is -2.50. The number of rotatable bonds is 5. The molecular weight excluding hydrogens is 296 g/mol. The van der Waals surface area contributed by atoms with Crippen LogP contribution in [0.5, 0.6) is 0 Å². The van der Waals surface area contributed by atoms with Crippen molar-refractivity contribution in [1.82, 2.24) is 14.8 Å². The van der Waals surface area contributed by atoms with E-state index in [1.165, 1.54) is 4.90 Å². The van der Waals surface area contributed by atoms with Gasteiger partial charge in [-0.1, -0.05) is 6.07 Å². The van der Waals surface area contributed by atoms with Crippen molar-refractivity contribution in [3.8, 4) is 0 Å². The Morgan fingerprint density at radius 3 is 2.35 bits per heavy atom. The van der Waals surface area contributed by atoms with Crippen molar-refractivity contribution >= 4 is 17.6 Å². The van der Waals surface area contributed by atoms with Crippen molar-refractivity contribution in [2.24, 2.45) is 0 Å². The first kappa shape index (κ1) is 15.9. The van der Waals surface area contributed by atoms with Gasteiger partial charge in [0.15, 0.2) is 0 Å². The maximum Gasteiger partial charge on any atom is 0.229 e. The molecule has 0 saturated carbocycles. The maximum absolute atomic E-state index is 11.6. The number of amides is 2. The Hall–Kier alpha value is -1.99. The van der Waals surface area contributed by atoms with E-state index in [0.29, 0.717) is 6.54 Å². The van der Waals surface area contributed by atoms with Crippen LogP contribution < -0.4 is 4.90 Å². The minimum absolute atomic E-state index is 0.109. The molecule has 0 radical (unpaired) electrons. The summed E-state index contributed by atoms with van der Waals surface area (Å²) in [6.07, 6.45) is 1.64. The average molecular weight is 318 g/mol. The van der Waals surface area contributed by atoms with Gasteiger partial charge < -0.3 is 10.0 Å². The lowest BCUT2D eigenvalue weighted by molar-refractivity contribution is -0.140. The fourth-order valence-corrected chi connectivity index (χ4v) is 3.09. The summed E-state index contributed by atoms with van der Waals surface area (Å²) in [4.78, 5) is 33.1. The number of aliphatic hydroxyl groups excluding tert-OH is 1. The Morgan fingerprint density at radius 2 is 1.74 bits per heavy atom. The smallest absolute Gasteiger partial charge is 0.229 e. The van der Waals surface area contributed by atoms with E-state index in [0.717, 1.165) is 32.0 Å². The number of hydrogen-bond acceptors (Lipinski definition) is 6. The number of pyridine rings is 1. The van der Waals surface area contributed by atoms with Crippen LogP contribution in [0.2, 0.25) is 0 Å². The third kappa shape index (κ3) is 3.86. The Labute approximate surface area is 135 Å². The number of aliphatic hydroxyl groups is 1. The van der Waals surface area contributed by atoms with Crippen LogP contribution in [0.15, 0.2) is 24.4 Å².